The number of rotatable bonds is 4. The molecule has 1 aromatic heterocycles. The third-order valence-corrected chi connectivity index (χ3v) is 6.04. The molecule has 178 valence electrons. The van der Waals surface area contributed by atoms with Gasteiger partial charge in [-0.2, -0.15) is 13.2 Å². The maximum Gasteiger partial charge on any atom is 0.416 e. The van der Waals surface area contributed by atoms with Gasteiger partial charge >= 0.3 is 6.18 Å². The molecule has 34 heavy (non-hydrogen) atoms. The highest BCUT2D eigenvalue weighted by Crippen LogP contribution is 2.35. The molecule has 1 aliphatic rings. The quantitative estimate of drug-likeness (QED) is 0.625. The molecular formula is C25H24F3N3O3. The van der Waals surface area contributed by atoms with E-state index in [1.807, 2.05) is 13.0 Å². The number of morpholine rings is 1. The van der Waals surface area contributed by atoms with Crippen LogP contribution in [0.5, 0.6) is 0 Å². The van der Waals surface area contributed by atoms with Crippen molar-refractivity contribution in [1.29, 1.82) is 0 Å². The standard InChI is InChI=1S/C25H24F3N3O3/c1-15-3-4-16(19-6-5-18(25(26,27)28)14-21(19)24(29)33)11-20(15)17-12-22(30(2)23(32)13-17)31-7-9-34-10-8-31/h3-6,11-14H,7-10H2,1-2H3,(H2,29,33). The molecule has 0 unspecified atom stereocenters. The van der Waals surface area contributed by atoms with Crippen molar-refractivity contribution < 1.29 is 22.7 Å². The SMILES string of the molecule is Cc1ccc(-c2ccc(C(F)(F)F)cc2C(N)=O)cc1-c1cc(N2CCOCC2)n(C)c(=O)c1. The van der Waals surface area contributed by atoms with E-state index < -0.39 is 17.6 Å². The summed E-state index contributed by atoms with van der Waals surface area (Å²) in [6, 6.07) is 11.7. The summed E-state index contributed by atoms with van der Waals surface area (Å²) in [6.45, 7) is 4.33. The van der Waals surface area contributed by atoms with Crippen molar-refractivity contribution in [1.82, 2.24) is 4.57 Å². The van der Waals surface area contributed by atoms with Crippen molar-refractivity contribution >= 4 is 11.7 Å². The van der Waals surface area contributed by atoms with Gasteiger partial charge in [0.15, 0.2) is 0 Å². The third kappa shape index (κ3) is 4.56. The lowest BCUT2D eigenvalue weighted by Gasteiger charge is -2.30. The third-order valence-electron chi connectivity index (χ3n) is 6.04. The van der Waals surface area contributed by atoms with Crippen LogP contribution >= 0.6 is 0 Å². The van der Waals surface area contributed by atoms with E-state index in [1.54, 1.807) is 29.8 Å². The Morgan fingerprint density at radius 2 is 1.68 bits per heavy atom. The number of alkyl halides is 3. The Hall–Kier alpha value is -3.59. The molecule has 4 rings (SSSR count). The summed E-state index contributed by atoms with van der Waals surface area (Å²) in [5.41, 5.74) is 7.17. The smallest absolute Gasteiger partial charge is 0.378 e. The number of carbonyl (C=O) groups excluding carboxylic acids is 1. The van der Waals surface area contributed by atoms with Crippen molar-refractivity contribution in [3.8, 4) is 22.3 Å². The summed E-state index contributed by atoms with van der Waals surface area (Å²) >= 11 is 0. The molecule has 0 bridgehead atoms. The number of halogens is 3. The van der Waals surface area contributed by atoms with Gasteiger partial charge < -0.3 is 15.4 Å². The second-order valence-electron chi connectivity index (χ2n) is 8.25. The fraction of sp³-hybridized carbons (Fsp3) is 0.280. The van der Waals surface area contributed by atoms with Crippen molar-refractivity contribution in [2.24, 2.45) is 12.8 Å². The lowest BCUT2D eigenvalue weighted by atomic mass is 9.92. The van der Waals surface area contributed by atoms with Crippen molar-refractivity contribution in [2.45, 2.75) is 13.1 Å². The molecule has 2 aromatic carbocycles. The number of benzene rings is 2. The number of nitrogens with zero attached hydrogens (tertiary/aromatic N) is 2. The number of ether oxygens (including phenoxy) is 1. The van der Waals surface area contributed by atoms with Gasteiger partial charge in [0.25, 0.3) is 5.56 Å². The number of hydrogen-bond acceptors (Lipinski definition) is 4. The molecule has 2 N–H and O–H groups in total. The van der Waals surface area contributed by atoms with Gasteiger partial charge in [0.2, 0.25) is 5.91 Å². The van der Waals surface area contributed by atoms with Crippen LogP contribution in [-0.4, -0.2) is 36.8 Å². The molecule has 1 amide bonds. The number of anilines is 1. The van der Waals surface area contributed by atoms with Crippen LogP contribution in [0.25, 0.3) is 22.3 Å². The largest absolute Gasteiger partial charge is 0.416 e. The van der Waals surface area contributed by atoms with Gasteiger partial charge in [-0.3, -0.25) is 14.2 Å². The maximum absolute atomic E-state index is 13.2. The normalized spacial score (nSPS) is 14.3. The number of amides is 1. The van der Waals surface area contributed by atoms with E-state index in [0.717, 1.165) is 29.1 Å². The minimum atomic E-state index is -4.60. The van der Waals surface area contributed by atoms with Crippen molar-refractivity contribution in [3.05, 3.63) is 75.6 Å². The first kappa shape index (κ1) is 23.6. The Balaban J connectivity index is 1.84. The van der Waals surface area contributed by atoms with Gasteiger partial charge in [-0.25, -0.2) is 0 Å². The van der Waals surface area contributed by atoms with Crippen LogP contribution < -0.4 is 16.2 Å². The van der Waals surface area contributed by atoms with E-state index in [2.05, 4.69) is 4.90 Å². The van der Waals surface area contributed by atoms with Crippen LogP contribution in [0.15, 0.2) is 53.3 Å². The number of aryl methyl sites for hydroxylation is 1. The monoisotopic (exact) mass is 471 g/mol. The Morgan fingerprint density at radius 3 is 2.32 bits per heavy atom. The zero-order valence-electron chi connectivity index (χ0n) is 18.8. The molecular weight excluding hydrogens is 447 g/mol. The zero-order valence-corrected chi connectivity index (χ0v) is 18.8. The molecule has 0 atom stereocenters. The average Bonchev–Trinajstić information content (AvgIpc) is 2.80. The topological polar surface area (TPSA) is 77.6 Å². The van der Waals surface area contributed by atoms with Crippen molar-refractivity contribution in [2.75, 3.05) is 31.2 Å². The molecule has 1 saturated heterocycles. The number of hydrogen-bond donors (Lipinski definition) is 1. The Morgan fingerprint density at radius 1 is 0.971 bits per heavy atom. The van der Waals surface area contributed by atoms with Crippen molar-refractivity contribution in [3.63, 3.8) is 0 Å². The van der Waals surface area contributed by atoms with Crippen LogP contribution in [0.4, 0.5) is 19.0 Å². The Labute approximate surface area is 194 Å². The Kier molecular flexibility index (Phi) is 6.22. The van der Waals surface area contributed by atoms with Crippen LogP contribution in [0.3, 0.4) is 0 Å². The van der Waals surface area contributed by atoms with Gasteiger partial charge in [0.1, 0.15) is 5.82 Å². The highest BCUT2D eigenvalue weighted by Gasteiger charge is 2.31. The predicted octanol–water partition coefficient (Wildman–Crippen LogP) is 3.98. The molecule has 3 aromatic rings. The van der Waals surface area contributed by atoms with Crippen LogP contribution in [0.2, 0.25) is 0 Å². The highest BCUT2D eigenvalue weighted by atomic mass is 19.4. The lowest BCUT2D eigenvalue weighted by Crippen LogP contribution is -2.39. The molecule has 0 radical (unpaired) electrons. The molecule has 1 aliphatic heterocycles. The van der Waals surface area contributed by atoms with Gasteiger partial charge in [-0.05, 0) is 59.0 Å². The van der Waals surface area contributed by atoms with Crippen LogP contribution in [0, 0.1) is 6.92 Å². The fourth-order valence-electron chi connectivity index (χ4n) is 4.15. The van der Waals surface area contributed by atoms with Gasteiger partial charge in [-0.1, -0.05) is 18.2 Å². The fourth-order valence-corrected chi connectivity index (χ4v) is 4.15. The summed E-state index contributed by atoms with van der Waals surface area (Å²) in [7, 11) is 1.71. The summed E-state index contributed by atoms with van der Waals surface area (Å²) in [6.07, 6.45) is -4.60. The number of primary amides is 1. The molecule has 2 heterocycles. The summed E-state index contributed by atoms with van der Waals surface area (Å²) in [5.74, 6) is -0.200. The van der Waals surface area contributed by atoms with Crippen LogP contribution in [-0.2, 0) is 18.0 Å². The zero-order chi connectivity index (χ0) is 24.6. The number of nitrogens with two attached hydrogens (primary N) is 1. The van der Waals surface area contributed by atoms with E-state index in [4.69, 9.17) is 10.5 Å². The van der Waals surface area contributed by atoms with Gasteiger partial charge in [-0.15, -0.1) is 0 Å². The molecule has 0 aliphatic carbocycles. The summed E-state index contributed by atoms with van der Waals surface area (Å²) in [5, 5.41) is 0. The maximum atomic E-state index is 13.2. The molecule has 9 heteroatoms. The predicted molar refractivity (Wildman–Crippen MR) is 124 cm³/mol. The minimum Gasteiger partial charge on any atom is -0.378 e. The van der Waals surface area contributed by atoms with E-state index in [-0.39, 0.29) is 11.1 Å². The second kappa shape index (κ2) is 8.98. The Bertz CT molecular complexity index is 1310. The summed E-state index contributed by atoms with van der Waals surface area (Å²) < 4.78 is 46.5. The lowest BCUT2D eigenvalue weighted by molar-refractivity contribution is -0.137. The number of aromatic nitrogens is 1. The van der Waals surface area contributed by atoms with E-state index >= 15 is 0 Å². The van der Waals surface area contributed by atoms with Gasteiger partial charge in [0, 0.05) is 31.8 Å². The molecule has 6 nitrogen and oxygen atoms in total. The van der Waals surface area contributed by atoms with Crippen LogP contribution in [0.1, 0.15) is 21.5 Å². The number of pyridine rings is 1. The summed E-state index contributed by atoms with van der Waals surface area (Å²) in [4.78, 5) is 26.8. The van der Waals surface area contributed by atoms with E-state index in [0.29, 0.717) is 43.0 Å². The average molecular weight is 471 g/mol. The molecule has 0 spiro atoms. The molecule has 0 saturated carbocycles. The first-order chi connectivity index (χ1) is 16.1. The highest BCUT2D eigenvalue weighted by molar-refractivity contribution is 6.00. The second-order valence-corrected chi connectivity index (χ2v) is 8.25. The molecule has 1 fully saturated rings. The van der Waals surface area contributed by atoms with E-state index in [1.165, 1.54) is 12.1 Å². The minimum absolute atomic E-state index is 0.184. The van der Waals surface area contributed by atoms with E-state index in [9.17, 15) is 22.8 Å². The number of carbonyl (C=O) groups is 1. The first-order valence-corrected chi connectivity index (χ1v) is 10.7. The van der Waals surface area contributed by atoms with Gasteiger partial charge in [0.05, 0.1) is 18.8 Å². The first-order valence-electron chi connectivity index (χ1n) is 10.7.